The first kappa shape index (κ1) is 16.1. The average molecular weight is 284 g/mol. The Hall–Kier alpha value is -0.910. The molecule has 1 rings (SSSR count). The molecule has 0 atom stereocenters. The van der Waals surface area contributed by atoms with E-state index in [0.29, 0.717) is 25.8 Å². The molecule has 0 radical (unpaired) electrons. The third-order valence-electron chi connectivity index (χ3n) is 3.62. The molecule has 0 fully saturated rings. The summed E-state index contributed by atoms with van der Waals surface area (Å²) in [6.45, 7) is 4.23. The second-order valence-electron chi connectivity index (χ2n) is 4.85. The van der Waals surface area contributed by atoms with E-state index in [0.717, 1.165) is 5.56 Å². The van der Waals surface area contributed by atoms with Gasteiger partial charge in [-0.2, -0.15) is 0 Å². The molecule has 0 unspecified atom stereocenters. The lowest BCUT2D eigenvalue weighted by atomic mass is 9.95. The van der Waals surface area contributed by atoms with Gasteiger partial charge in [0.2, 0.25) is 10.0 Å². The predicted octanol–water partition coefficient (Wildman–Crippen LogP) is 1.67. The number of rotatable bonds is 8. The molecule has 0 aliphatic carbocycles. The summed E-state index contributed by atoms with van der Waals surface area (Å²) < 4.78 is 27.0. The highest BCUT2D eigenvalue weighted by molar-refractivity contribution is 7.89. The highest BCUT2D eigenvalue weighted by Gasteiger charge is 2.29. The van der Waals surface area contributed by atoms with Crippen LogP contribution in [0.2, 0.25) is 0 Å². The normalized spacial score (nSPS) is 12.6. The lowest BCUT2D eigenvalue weighted by molar-refractivity contribution is 0.363. The molecule has 0 heterocycles. The van der Waals surface area contributed by atoms with Gasteiger partial charge in [-0.15, -0.1) is 0 Å². The number of nitrogens with one attached hydrogen (secondary N) is 1. The minimum atomic E-state index is -3.30. The Morgan fingerprint density at radius 3 is 2.21 bits per heavy atom. The van der Waals surface area contributed by atoms with Gasteiger partial charge < -0.3 is 5.73 Å². The minimum Gasteiger partial charge on any atom is -0.329 e. The van der Waals surface area contributed by atoms with Crippen molar-refractivity contribution in [2.75, 3.05) is 12.3 Å². The molecule has 0 aromatic heterocycles. The Kier molecular flexibility index (Phi) is 5.97. The molecule has 1 aromatic rings. The van der Waals surface area contributed by atoms with Crippen molar-refractivity contribution in [1.29, 1.82) is 0 Å². The first-order valence-electron chi connectivity index (χ1n) is 6.72. The van der Waals surface area contributed by atoms with Gasteiger partial charge in [0, 0.05) is 12.1 Å². The zero-order valence-corrected chi connectivity index (χ0v) is 12.5. The monoisotopic (exact) mass is 284 g/mol. The zero-order chi connectivity index (χ0) is 14.4. The van der Waals surface area contributed by atoms with Crippen LogP contribution in [-0.2, 0) is 16.4 Å². The summed E-state index contributed by atoms with van der Waals surface area (Å²) in [5.74, 6) is 0.0960. The molecule has 108 valence electrons. The Bertz CT molecular complexity index is 459. The van der Waals surface area contributed by atoms with Crippen LogP contribution in [0.5, 0.6) is 0 Å². The largest absolute Gasteiger partial charge is 0.329 e. The summed E-state index contributed by atoms with van der Waals surface area (Å²) in [6, 6.07) is 9.62. The van der Waals surface area contributed by atoms with Crippen molar-refractivity contribution in [3.05, 3.63) is 35.9 Å². The number of benzene rings is 1. The standard InChI is InChI=1S/C14H24N2O2S/c1-3-14(4-2,12-15)16-19(17,18)11-10-13-8-6-5-7-9-13/h5-9,16H,3-4,10-12,15H2,1-2H3. The van der Waals surface area contributed by atoms with Crippen molar-refractivity contribution in [2.24, 2.45) is 5.73 Å². The van der Waals surface area contributed by atoms with Crippen LogP contribution in [0.25, 0.3) is 0 Å². The van der Waals surface area contributed by atoms with Gasteiger partial charge in [-0.3, -0.25) is 0 Å². The van der Waals surface area contributed by atoms with E-state index in [1.165, 1.54) is 0 Å². The molecule has 0 amide bonds. The fourth-order valence-corrected chi connectivity index (χ4v) is 3.64. The molecular weight excluding hydrogens is 260 g/mol. The van der Waals surface area contributed by atoms with Crippen LogP contribution < -0.4 is 10.5 Å². The summed E-state index contributed by atoms with van der Waals surface area (Å²) in [5.41, 5.74) is 6.24. The number of nitrogens with two attached hydrogens (primary N) is 1. The van der Waals surface area contributed by atoms with Crippen LogP contribution in [0.15, 0.2) is 30.3 Å². The molecule has 0 aliphatic rings. The molecule has 0 saturated heterocycles. The van der Waals surface area contributed by atoms with Gasteiger partial charge >= 0.3 is 0 Å². The third-order valence-corrected chi connectivity index (χ3v) is 5.10. The van der Waals surface area contributed by atoms with E-state index < -0.39 is 15.6 Å². The maximum Gasteiger partial charge on any atom is 0.212 e. The van der Waals surface area contributed by atoms with Crippen molar-refractivity contribution >= 4 is 10.0 Å². The molecule has 0 bridgehead atoms. The van der Waals surface area contributed by atoms with E-state index >= 15 is 0 Å². The highest BCUT2D eigenvalue weighted by Crippen LogP contribution is 2.15. The number of hydrogen-bond acceptors (Lipinski definition) is 3. The Morgan fingerprint density at radius 1 is 1.16 bits per heavy atom. The topological polar surface area (TPSA) is 72.2 Å². The Balaban J connectivity index is 2.66. The van der Waals surface area contributed by atoms with E-state index in [2.05, 4.69) is 4.72 Å². The van der Waals surface area contributed by atoms with Crippen LogP contribution in [-0.4, -0.2) is 26.3 Å². The molecule has 3 N–H and O–H groups in total. The molecule has 0 aliphatic heterocycles. The second kappa shape index (κ2) is 7.03. The molecular formula is C14H24N2O2S. The third kappa shape index (κ3) is 4.93. The fourth-order valence-electron chi connectivity index (χ4n) is 2.00. The van der Waals surface area contributed by atoms with Crippen LogP contribution in [0.4, 0.5) is 0 Å². The molecule has 5 heteroatoms. The first-order valence-corrected chi connectivity index (χ1v) is 8.38. The van der Waals surface area contributed by atoms with Crippen molar-refractivity contribution in [3.63, 3.8) is 0 Å². The number of sulfonamides is 1. The fraction of sp³-hybridized carbons (Fsp3) is 0.571. The van der Waals surface area contributed by atoms with Gasteiger partial charge in [-0.05, 0) is 24.8 Å². The smallest absolute Gasteiger partial charge is 0.212 e. The summed E-state index contributed by atoms with van der Waals surface area (Å²) in [5, 5.41) is 0. The van der Waals surface area contributed by atoms with E-state index in [4.69, 9.17) is 5.73 Å². The maximum atomic E-state index is 12.1. The van der Waals surface area contributed by atoms with E-state index in [1.807, 2.05) is 44.2 Å². The Labute approximate surface area is 116 Å². The van der Waals surface area contributed by atoms with Crippen molar-refractivity contribution in [1.82, 2.24) is 4.72 Å². The van der Waals surface area contributed by atoms with Gasteiger partial charge in [-0.1, -0.05) is 44.2 Å². The van der Waals surface area contributed by atoms with Crippen LogP contribution in [0.1, 0.15) is 32.3 Å². The van der Waals surface area contributed by atoms with Gasteiger partial charge in [0.25, 0.3) is 0 Å². The summed E-state index contributed by atoms with van der Waals surface area (Å²) in [7, 11) is -3.30. The van der Waals surface area contributed by atoms with Crippen molar-refractivity contribution < 1.29 is 8.42 Å². The number of hydrogen-bond donors (Lipinski definition) is 2. The van der Waals surface area contributed by atoms with E-state index in [1.54, 1.807) is 0 Å². The summed E-state index contributed by atoms with van der Waals surface area (Å²) in [4.78, 5) is 0. The summed E-state index contributed by atoms with van der Waals surface area (Å²) in [6.07, 6.45) is 1.92. The quantitative estimate of drug-likeness (QED) is 0.762. The lowest BCUT2D eigenvalue weighted by Gasteiger charge is -2.31. The van der Waals surface area contributed by atoms with Gasteiger partial charge in [0.1, 0.15) is 0 Å². The van der Waals surface area contributed by atoms with Crippen LogP contribution >= 0.6 is 0 Å². The van der Waals surface area contributed by atoms with E-state index in [-0.39, 0.29) is 5.75 Å². The van der Waals surface area contributed by atoms with Gasteiger partial charge in [-0.25, -0.2) is 13.1 Å². The van der Waals surface area contributed by atoms with Crippen LogP contribution in [0.3, 0.4) is 0 Å². The predicted molar refractivity (Wildman–Crippen MR) is 79.4 cm³/mol. The first-order chi connectivity index (χ1) is 8.97. The molecule has 4 nitrogen and oxygen atoms in total. The average Bonchev–Trinajstić information content (AvgIpc) is 2.44. The van der Waals surface area contributed by atoms with Crippen LogP contribution in [0, 0.1) is 0 Å². The molecule has 0 saturated carbocycles. The van der Waals surface area contributed by atoms with Crippen molar-refractivity contribution in [3.8, 4) is 0 Å². The highest BCUT2D eigenvalue weighted by atomic mass is 32.2. The van der Waals surface area contributed by atoms with Gasteiger partial charge in [0.15, 0.2) is 0 Å². The molecule has 19 heavy (non-hydrogen) atoms. The minimum absolute atomic E-state index is 0.0960. The second-order valence-corrected chi connectivity index (χ2v) is 6.69. The van der Waals surface area contributed by atoms with Gasteiger partial charge in [0.05, 0.1) is 5.75 Å². The zero-order valence-electron chi connectivity index (χ0n) is 11.7. The lowest BCUT2D eigenvalue weighted by Crippen LogP contribution is -2.53. The molecule has 0 spiro atoms. The maximum absolute atomic E-state index is 12.1. The van der Waals surface area contributed by atoms with E-state index in [9.17, 15) is 8.42 Å². The molecule has 1 aromatic carbocycles. The SMILES string of the molecule is CCC(CC)(CN)NS(=O)(=O)CCc1ccccc1. The Morgan fingerprint density at radius 2 is 1.74 bits per heavy atom. The summed E-state index contributed by atoms with van der Waals surface area (Å²) >= 11 is 0. The number of aryl methyl sites for hydroxylation is 1. The van der Waals surface area contributed by atoms with Crippen molar-refractivity contribution in [2.45, 2.75) is 38.6 Å².